The van der Waals surface area contributed by atoms with Crippen LogP contribution in [0.2, 0.25) is 0 Å². The first-order chi connectivity index (χ1) is 9.40. The Morgan fingerprint density at radius 2 is 1.79 bits per heavy atom. The highest BCUT2D eigenvalue weighted by molar-refractivity contribution is 5.28. The van der Waals surface area contributed by atoms with Crippen LogP contribution < -0.4 is 5.32 Å². The molecule has 106 valence electrons. The Morgan fingerprint density at radius 1 is 1.11 bits per heavy atom. The van der Waals surface area contributed by atoms with Gasteiger partial charge >= 0.3 is 0 Å². The molecule has 0 saturated heterocycles. The van der Waals surface area contributed by atoms with E-state index in [-0.39, 0.29) is 0 Å². The Kier molecular flexibility index (Phi) is 6.34. The smallest absolute Gasteiger partial charge is 0.0590 e. The molecule has 1 aromatic rings. The molecule has 0 unspecified atom stereocenters. The first-order valence-corrected chi connectivity index (χ1v) is 7.47. The van der Waals surface area contributed by atoms with E-state index in [9.17, 15) is 0 Å². The zero-order valence-corrected chi connectivity index (χ0v) is 12.0. The van der Waals surface area contributed by atoms with E-state index in [0.29, 0.717) is 0 Å². The fourth-order valence-corrected chi connectivity index (χ4v) is 2.59. The van der Waals surface area contributed by atoms with Gasteiger partial charge in [0.1, 0.15) is 0 Å². The lowest BCUT2D eigenvalue weighted by Gasteiger charge is -2.19. The number of nitrogens with one attached hydrogen (secondary N) is 1. The molecule has 0 atom stereocenters. The molecule has 19 heavy (non-hydrogen) atoms. The molecule has 0 aliphatic carbocycles. The molecule has 3 heteroatoms. The van der Waals surface area contributed by atoms with Crippen molar-refractivity contribution in [3.63, 3.8) is 0 Å². The Labute approximate surface area is 116 Å². The highest BCUT2D eigenvalue weighted by atomic mass is 16.5. The second kappa shape index (κ2) is 8.31. The normalized spacial score (nSPS) is 16.1. The van der Waals surface area contributed by atoms with E-state index in [1.165, 1.54) is 37.1 Å². The van der Waals surface area contributed by atoms with Crippen LogP contribution >= 0.6 is 0 Å². The predicted octanol–water partition coefficient (Wildman–Crippen LogP) is 1.71. The van der Waals surface area contributed by atoms with Crippen LogP contribution in [0.4, 0.5) is 0 Å². The number of hydrogen-bond donors (Lipinski definition) is 1. The number of nitrogens with zero attached hydrogens (tertiary/aromatic N) is 1. The third-order valence-electron chi connectivity index (χ3n) is 3.75. The molecule has 0 aromatic heterocycles. The van der Waals surface area contributed by atoms with Crippen LogP contribution in [0.25, 0.3) is 0 Å². The Hall–Kier alpha value is -0.900. The summed E-state index contributed by atoms with van der Waals surface area (Å²) in [6.07, 6.45) is 2.38. The van der Waals surface area contributed by atoms with Crippen LogP contribution in [-0.4, -0.2) is 50.8 Å². The fourth-order valence-electron chi connectivity index (χ4n) is 2.59. The molecule has 2 rings (SSSR count). The number of fused-ring (bicyclic) bond motifs is 1. The van der Waals surface area contributed by atoms with Crippen molar-refractivity contribution in [2.24, 2.45) is 0 Å². The Morgan fingerprint density at radius 3 is 2.42 bits per heavy atom. The van der Waals surface area contributed by atoms with Gasteiger partial charge in [0.15, 0.2) is 0 Å². The van der Waals surface area contributed by atoms with Crippen molar-refractivity contribution < 1.29 is 4.74 Å². The summed E-state index contributed by atoms with van der Waals surface area (Å²) in [5.41, 5.74) is 3.07. The van der Waals surface area contributed by atoms with E-state index in [4.69, 9.17) is 4.74 Å². The molecular weight excluding hydrogens is 236 g/mol. The van der Waals surface area contributed by atoms with Gasteiger partial charge < -0.3 is 15.0 Å². The second-order valence-corrected chi connectivity index (χ2v) is 5.06. The van der Waals surface area contributed by atoms with Gasteiger partial charge in [-0.15, -0.1) is 0 Å². The summed E-state index contributed by atoms with van der Waals surface area (Å²) >= 11 is 0. The molecule has 1 aliphatic heterocycles. The van der Waals surface area contributed by atoms with Gasteiger partial charge in [-0.2, -0.15) is 0 Å². The van der Waals surface area contributed by atoms with Gasteiger partial charge in [0, 0.05) is 39.3 Å². The Balaban J connectivity index is 1.65. The van der Waals surface area contributed by atoms with Gasteiger partial charge in [0.2, 0.25) is 0 Å². The van der Waals surface area contributed by atoms with Gasteiger partial charge in [-0.25, -0.2) is 0 Å². The number of rotatable bonds is 7. The zero-order valence-electron chi connectivity index (χ0n) is 12.0. The van der Waals surface area contributed by atoms with E-state index in [2.05, 4.69) is 34.5 Å². The minimum Gasteiger partial charge on any atom is -0.380 e. The predicted molar refractivity (Wildman–Crippen MR) is 79.7 cm³/mol. The maximum absolute atomic E-state index is 5.31. The first-order valence-electron chi connectivity index (χ1n) is 7.47. The van der Waals surface area contributed by atoms with Crippen LogP contribution in [0.5, 0.6) is 0 Å². The van der Waals surface area contributed by atoms with Gasteiger partial charge in [0.05, 0.1) is 6.61 Å². The third kappa shape index (κ3) is 4.94. The summed E-state index contributed by atoms with van der Waals surface area (Å²) in [5, 5.41) is 3.44. The van der Waals surface area contributed by atoms with E-state index in [1.54, 1.807) is 0 Å². The molecule has 0 fully saturated rings. The summed E-state index contributed by atoms with van der Waals surface area (Å²) in [6, 6.07) is 8.87. The molecule has 0 spiro atoms. The fraction of sp³-hybridized carbons (Fsp3) is 0.625. The van der Waals surface area contributed by atoms with Crippen LogP contribution in [0, 0.1) is 0 Å². The van der Waals surface area contributed by atoms with Crippen molar-refractivity contribution in [2.75, 3.05) is 45.9 Å². The van der Waals surface area contributed by atoms with Gasteiger partial charge in [-0.1, -0.05) is 24.3 Å². The highest BCUT2D eigenvalue weighted by Gasteiger charge is 2.12. The van der Waals surface area contributed by atoms with Crippen LogP contribution in [0.1, 0.15) is 18.1 Å². The SMILES string of the molecule is CCOCCNCCN1CCc2ccccc2CC1. The summed E-state index contributed by atoms with van der Waals surface area (Å²) in [5.74, 6) is 0. The van der Waals surface area contributed by atoms with Crippen LogP contribution in [0.3, 0.4) is 0 Å². The molecule has 0 amide bonds. The molecule has 0 radical (unpaired) electrons. The van der Waals surface area contributed by atoms with E-state index in [1.807, 2.05) is 6.92 Å². The topological polar surface area (TPSA) is 24.5 Å². The molecule has 1 aromatic carbocycles. The molecular formula is C16H26N2O. The quantitative estimate of drug-likeness (QED) is 0.757. The standard InChI is InChI=1S/C16H26N2O/c1-2-19-14-10-17-9-13-18-11-7-15-5-3-4-6-16(15)8-12-18/h3-6,17H,2,7-14H2,1H3. The van der Waals surface area contributed by atoms with Gasteiger partial charge in [0.25, 0.3) is 0 Å². The van der Waals surface area contributed by atoms with E-state index >= 15 is 0 Å². The maximum atomic E-state index is 5.31. The van der Waals surface area contributed by atoms with E-state index in [0.717, 1.165) is 32.8 Å². The summed E-state index contributed by atoms with van der Waals surface area (Å²) in [4.78, 5) is 2.56. The zero-order chi connectivity index (χ0) is 13.3. The molecule has 0 bridgehead atoms. The summed E-state index contributed by atoms with van der Waals surface area (Å²) < 4.78 is 5.31. The minimum absolute atomic E-state index is 0.812. The number of ether oxygens (including phenoxy) is 1. The molecule has 1 N–H and O–H groups in total. The van der Waals surface area contributed by atoms with Crippen molar-refractivity contribution >= 4 is 0 Å². The lowest BCUT2D eigenvalue weighted by molar-refractivity contribution is 0.148. The number of benzene rings is 1. The molecule has 3 nitrogen and oxygen atoms in total. The molecule has 0 saturated carbocycles. The van der Waals surface area contributed by atoms with Crippen LogP contribution in [-0.2, 0) is 17.6 Å². The van der Waals surface area contributed by atoms with Gasteiger partial charge in [-0.05, 0) is 30.9 Å². The lowest BCUT2D eigenvalue weighted by atomic mass is 10.0. The highest BCUT2D eigenvalue weighted by Crippen LogP contribution is 2.14. The van der Waals surface area contributed by atoms with Crippen molar-refractivity contribution in [3.05, 3.63) is 35.4 Å². The molecule has 1 heterocycles. The summed E-state index contributed by atoms with van der Waals surface area (Å²) in [6.45, 7) is 9.20. The second-order valence-electron chi connectivity index (χ2n) is 5.06. The van der Waals surface area contributed by atoms with Crippen molar-refractivity contribution in [2.45, 2.75) is 19.8 Å². The minimum atomic E-state index is 0.812. The third-order valence-corrected chi connectivity index (χ3v) is 3.75. The monoisotopic (exact) mass is 262 g/mol. The van der Waals surface area contributed by atoms with Gasteiger partial charge in [-0.3, -0.25) is 0 Å². The summed E-state index contributed by atoms with van der Waals surface area (Å²) in [7, 11) is 0. The van der Waals surface area contributed by atoms with Crippen molar-refractivity contribution in [3.8, 4) is 0 Å². The van der Waals surface area contributed by atoms with Crippen molar-refractivity contribution in [1.29, 1.82) is 0 Å². The Bertz CT molecular complexity index is 341. The average Bonchev–Trinajstić information content (AvgIpc) is 2.65. The van der Waals surface area contributed by atoms with Crippen molar-refractivity contribution in [1.82, 2.24) is 10.2 Å². The largest absolute Gasteiger partial charge is 0.380 e. The average molecular weight is 262 g/mol. The molecule has 1 aliphatic rings. The first kappa shape index (κ1) is 14.5. The maximum Gasteiger partial charge on any atom is 0.0590 e. The van der Waals surface area contributed by atoms with Crippen LogP contribution in [0.15, 0.2) is 24.3 Å². The lowest BCUT2D eigenvalue weighted by Crippen LogP contribution is -2.35. The van der Waals surface area contributed by atoms with E-state index < -0.39 is 0 Å². The number of hydrogen-bond acceptors (Lipinski definition) is 3.